The van der Waals surface area contributed by atoms with Gasteiger partial charge in [0.15, 0.2) is 11.5 Å². The molecule has 0 unspecified atom stereocenters. The Kier molecular flexibility index (Phi) is 2.80. The summed E-state index contributed by atoms with van der Waals surface area (Å²) in [5, 5.41) is 7.77. The van der Waals surface area contributed by atoms with E-state index in [1.54, 1.807) is 13.2 Å². The van der Waals surface area contributed by atoms with Gasteiger partial charge in [-0.25, -0.2) is 9.78 Å². The second-order valence-electron chi connectivity index (χ2n) is 5.23. The van der Waals surface area contributed by atoms with Crippen LogP contribution in [-0.2, 0) is 13.2 Å². The van der Waals surface area contributed by atoms with E-state index >= 15 is 0 Å². The molecule has 0 fully saturated rings. The Morgan fingerprint density at radius 2 is 2.04 bits per heavy atom. The van der Waals surface area contributed by atoms with Crippen LogP contribution in [0.2, 0.25) is 0 Å². The maximum atomic E-state index is 13.3. The summed E-state index contributed by atoms with van der Waals surface area (Å²) >= 11 is 0. The average molecular weight is 334 g/mol. The number of hydrogen-bond acceptors (Lipinski definition) is 4. The summed E-state index contributed by atoms with van der Waals surface area (Å²) < 4.78 is 42.3. The third kappa shape index (κ3) is 2.07. The molecule has 0 atom stereocenters. The van der Waals surface area contributed by atoms with E-state index in [0.717, 1.165) is 10.6 Å². The number of rotatable bonds is 1. The van der Waals surface area contributed by atoms with Crippen LogP contribution < -0.4 is 5.69 Å². The van der Waals surface area contributed by atoms with Crippen LogP contribution in [0.25, 0.3) is 27.9 Å². The zero-order valence-electron chi connectivity index (χ0n) is 12.2. The second-order valence-corrected chi connectivity index (χ2v) is 5.23. The average Bonchev–Trinajstić information content (AvgIpc) is 3.12. The fraction of sp³-hybridized carbons (Fsp3) is 0.143. The van der Waals surface area contributed by atoms with Gasteiger partial charge in [-0.15, -0.1) is 5.10 Å². The number of aromatic nitrogens is 6. The lowest BCUT2D eigenvalue weighted by atomic mass is 10.1. The Labute approximate surface area is 131 Å². The number of halogens is 3. The van der Waals surface area contributed by atoms with Crippen LogP contribution >= 0.6 is 0 Å². The molecular formula is C14H9F3N6O. The first kappa shape index (κ1) is 14.4. The van der Waals surface area contributed by atoms with Crippen molar-refractivity contribution in [3.05, 3.63) is 46.6 Å². The predicted molar refractivity (Wildman–Crippen MR) is 78.3 cm³/mol. The molecule has 1 aromatic carbocycles. The van der Waals surface area contributed by atoms with E-state index < -0.39 is 17.4 Å². The molecule has 7 nitrogen and oxygen atoms in total. The summed E-state index contributed by atoms with van der Waals surface area (Å²) in [4.78, 5) is 18.6. The Morgan fingerprint density at radius 3 is 2.71 bits per heavy atom. The molecule has 122 valence electrons. The molecule has 0 amide bonds. The van der Waals surface area contributed by atoms with Crippen LogP contribution in [0.5, 0.6) is 0 Å². The number of aryl methyl sites for hydroxylation is 1. The zero-order chi connectivity index (χ0) is 17.1. The zero-order valence-corrected chi connectivity index (χ0v) is 12.2. The molecule has 0 aliphatic carbocycles. The van der Waals surface area contributed by atoms with Gasteiger partial charge < -0.3 is 4.98 Å². The molecule has 0 bridgehead atoms. The van der Waals surface area contributed by atoms with Crippen molar-refractivity contribution in [2.45, 2.75) is 6.18 Å². The van der Waals surface area contributed by atoms with E-state index in [4.69, 9.17) is 0 Å². The quantitative estimate of drug-likeness (QED) is 0.577. The highest BCUT2D eigenvalue weighted by atomic mass is 19.4. The van der Waals surface area contributed by atoms with Crippen molar-refractivity contribution in [2.75, 3.05) is 0 Å². The Balaban J connectivity index is 2.13. The van der Waals surface area contributed by atoms with Crippen molar-refractivity contribution >= 4 is 16.6 Å². The molecule has 0 saturated heterocycles. The number of nitrogens with zero attached hydrogens (tertiary/aromatic N) is 5. The molecule has 10 heteroatoms. The Hall–Kier alpha value is -3.17. The van der Waals surface area contributed by atoms with Crippen molar-refractivity contribution in [1.29, 1.82) is 0 Å². The second kappa shape index (κ2) is 4.66. The van der Waals surface area contributed by atoms with E-state index in [1.165, 1.54) is 23.0 Å². The van der Waals surface area contributed by atoms with E-state index in [9.17, 15) is 18.0 Å². The first-order valence-electron chi connectivity index (χ1n) is 6.82. The van der Waals surface area contributed by atoms with Crippen LogP contribution in [0.4, 0.5) is 13.2 Å². The summed E-state index contributed by atoms with van der Waals surface area (Å²) in [6.07, 6.45) is -1.51. The van der Waals surface area contributed by atoms with Crippen LogP contribution in [0.15, 0.2) is 35.4 Å². The minimum atomic E-state index is -4.58. The van der Waals surface area contributed by atoms with Gasteiger partial charge in [0.25, 0.3) is 0 Å². The molecule has 0 radical (unpaired) electrons. The van der Waals surface area contributed by atoms with Gasteiger partial charge in [0.2, 0.25) is 0 Å². The Morgan fingerprint density at radius 1 is 1.25 bits per heavy atom. The van der Waals surface area contributed by atoms with Gasteiger partial charge in [-0.1, -0.05) is 6.07 Å². The van der Waals surface area contributed by atoms with Gasteiger partial charge in [-0.05, 0) is 12.1 Å². The smallest absolute Gasteiger partial charge is 0.305 e. The molecular weight excluding hydrogens is 325 g/mol. The topological polar surface area (TPSA) is 80.9 Å². The fourth-order valence-electron chi connectivity index (χ4n) is 2.58. The van der Waals surface area contributed by atoms with Crippen LogP contribution in [0, 0.1) is 0 Å². The molecule has 0 saturated carbocycles. The maximum Gasteiger partial charge on any atom is 0.417 e. The third-order valence-electron chi connectivity index (χ3n) is 3.60. The van der Waals surface area contributed by atoms with Crippen molar-refractivity contribution in [2.24, 2.45) is 7.05 Å². The molecule has 4 rings (SSSR count). The maximum absolute atomic E-state index is 13.3. The number of nitrogens with one attached hydrogen (secondary N) is 1. The van der Waals surface area contributed by atoms with Gasteiger partial charge >= 0.3 is 11.9 Å². The van der Waals surface area contributed by atoms with Crippen LogP contribution in [-0.4, -0.2) is 29.4 Å². The molecule has 0 spiro atoms. The minimum absolute atomic E-state index is 0.0486. The summed E-state index contributed by atoms with van der Waals surface area (Å²) in [7, 11) is 1.68. The molecule has 4 aromatic rings. The van der Waals surface area contributed by atoms with E-state index in [-0.39, 0.29) is 22.4 Å². The van der Waals surface area contributed by atoms with Gasteiger partial charge in [0.1, 0.15) is 0 Å². The van der Waals surface area contributed by atoms with Gasteiger partial charge in [0.05, 0.1) is 28.2 Å². The van der Waals surface area contributed by atoms with Gasteiger partial charge in [-0.2, -0.15) is 22.8 Å². The first-order chi connectivity index (χ1) is 11.3. The van der Waals surface area contributed by atoms with E-state index in [2.05, 4.69) is 20.2 Å². The highest BCUT2D eigenvalue weighted by Crippen LogP contribution is 2.35. The largest absolute Gasteiger partial charge is 0.417 e. The van der Waals surface area contributed by atoms with Crippen molar-refractivity contribution in [1.82, 2.24) is 29.4 Å². The molecule has 1 N–H and O–H groups in total. The van der Waals surface area contributed by atoms with Crippen LogP contribution in [0.1, 0.15) is 5.56 Å². The lowest BCUT2D eigenvalue weighted by molar-refractivity contribution is -0.136. The monoisotopic (exact) mass is 334 g/mol. The number of benzene rings is 1. The summed E-state index contributed by atoms with van der Waals surface area (Å²) in [5.74, 6) is 0.123. The molecule has 0 aliphatic rings. The predicted octanol–water partition coefficient (Wildman–Crippen LogP) is 1.99. The van der Waals surface area contributed by atoms with E-state index in [0.29, 0.717) is 5.56 Å². The Bertz CT molecular complexity index is 1140. The standard InChI is InChI=1S/C14H9F3N6O/c1-22-6-7(5-18-22)11-20-12-10-8(14(15,16)17)3-2-4-9(10)19-13(24)23(12)21-11/h2-6H,1H3,(H,19,24). The minimum Gasteiger partial charge on any atom is -0.305 e. The highest BCUT2D eigenvalue weighted by Gasteiger charge is 2.34. The van der Waals surface area contributed by atoms with E-state index in [1.807, 2.05) is 0 Å². The lowest BCUT2D eigenvalue weighted by Gasteiger charge is -2.10. The first-order valence-corrected chi connectivity index (χ1v) is 6.82. The lowest BCUT2D eigenvalue weighted by Crippen LogP contribution is -2.19. The number of alkyl halides is 3. The van der Waals surface area contributed by atoms with Crippen molar-refractivity contribution < 1.29 is 13.2 Å². The summed E-state index contributed by atoms with van der Waals surface area (Å²) in [6.45, 7) is 0. The molecule has 3 heterocycles. The fourth-order valence-corrected chi connectivity index (χ4v) is 2.58. The number of aromatic amines is 1. The number of fused-ring (bicyclic) bond motifs is 3. The van der Waals surface area contributed by atoms with Gasteiger partial charge in [-0.3, -0.25) is 4.68 Å². The summed E-state index contributed by atoms with van der Waals surface area (Å²) in [5.41, 5.74) is -1.16. The normalized spacial score (nSPS) is 12.3. The SMILES string of the molecule is Cn1cc(-c2nc3c4c(C(F)(F)F)cccc4[nH]c(=O)n3n2)cn1. The molecule has 0 aliphatic heterocycles. The summed E-state index contributed by atoms with van der Waals surface area (Å²) in [6, 6.07) is 3.57. The van der Waals surface area contributed by atoms with Crippen molar-refractivity contribution in [3.8, 4) is 11.4 Å². The molecule has 3 aromatic heterocycles. The highest BCUT2D eigenvalue weighted by molar-refractivity contribution is 5.94. The third-order valence-corrected chi connectivity index (χ3v) is 3.60. The van der Waals surface area contributed by atoms with Crippen LogP contribution in [0.3, 0.4) is 0 Å². The molecule has 24 heavy (non-hydrogen) atoms. The van der Waals surface area contributed by atoms with Gasteiger partial charge in [0, 0.05) is 13.2 Å². The number of hydrogen-bond donors (Lipinski definition) is 1. The number of H-pyrrole nitrogens is 1. The van der Waals surface area contributed by atoms with Crippen molar-refractivity contribution in [3.63, 3.8) is 0 Å².